The lowest BCUT2D eigenvalue weighted by atomic mass is 9.80. The Bertz CT molecular complexity index is 241. The molecule has 0 aromatic carbocycles. The second-order valence-electron chi connectivity index (χ2n) is 6.09. The summed E-state index contributed by atoms with van der Waals surface area (Å²) in [6.07, 6.45) is 9.87. The molecule has 1 saturated heterocycles. The van der Waals surface area contributed by atoms with Gasteiger partial charge in [0.15, 0.2) is 0 Å². The maximum Gasteiger partial charge on any atom is 0.0920 e. The molecule has 1 saturated carbocycles. The molecule has 4 unspecified atom stereocenters. The molecule has 100 valence electrons. The third-order valence-electron chi connectivity index (χ3n) is 4.61. The highest BCUT2D eigenvalue weighted by atomic mass is 16.6. The molecule has 2 fully saturated rings. The summed E-state index contributed by atoms with van der Waals surface area (Å²) < 4.78 is 11.7. The van der Waals surface area contributed by atoms with E-state index in [4.69, 9.17) is 9.47 Å². The van der Waals surface area contributed by atoms with Crippen molar-refractivity contribution in [3.8, 4) is 0 Å². The van der Waals surface area contributed by atoms with Crippen molar-refractivity contribution >= 4 is 0 Å². The van der Waals surface area contributed by atoms with Gasteiger partial charge in [0.05, 0.1) is 17.8 Å². The van der Waals surface area contributed by atoms with E-state index < -0.39 is 0 Å². The molecule has 0 aromatic rings. The molecule has 0 radical (unpaired) electrons. The van der Waals surface area contributed by atoms with E-state index in [0.717, 1.165) is 12.5 Å². The van der Waals surface area contributed by atoms with Gasteiger partial charge in [-0.3, -0.25) is 0 Å². The number of ether oxygens (including phenoxy) is 2. The van der Waals surface area contributed by atoms with E-state index in [0.29, 0.717) is 12.2 Å². The maximum absolute atomic E-state index is 5.97. The minimum Gasteiger partial charge on any atom is -0.378 e. The third kappa shape index (κ3) is 3.45. The Morgan fingerprint density at radius 3 is 2.88 bits per heavy atom. The van der Waals surface area contributed by atoms with Crippen molar-refractivity contribution in [3.63, 3.8) is 0 Å². The van der Waals surface area contributed by atoms with Gasteiger partial charge >= 0.3 is 0 Å². The van der Waals surface area contributed by atoms with Crippen LogP contribution in [0.3, 0.4) is 0 Å². The summed E-state index contributed by atoms with van der Waals surface area (Å²) >= 11 is 0. The van der Waals surface area contributed by atoms with Crippen LogP contribution in [0.2, 0.25) is 0 Å². The minimum atomic E-state index is 0.247. The molecule has 0 bridgehead atoms. The van der Waals surface area contributed by atoms with Crippen LogP contribution in [-0.4, -0.2) is 24.4 Å². The number of hydrogen-bond donors (Lipinski definition) is 0. The van der Waals surface area contributed by atoms with Gasteiger partial charge in [0.25, 0.3) is 0 Å². The number of unbranched alkanes of at least 4 members (excludes halogenated alkanes) is 3. The van der Waals surface area contributed by atoms with Crippen LogP contribution in [0.15, 0.2) is 0 Å². The van der Waals surface area contributed by atoms with Crippen molar-refractivity contribution in [3.05, 3.63) is 0 Å². The first kappa shape index (κ1) is 13.4. The Hall–Kier alpha value is -0.0800. The fraction of sp³-hybridized carbons (Fsp3) is 1.00. The quantitative estimate of drug-likeness (QED) is 0.497. The Morgan fingerprint density at radius 2 is 2.18 bits per heavy atom. The number of rotatable bonds is 7. The topological polar surface area (TPSA) is 21.8 Å². The minimum absolute atomic E-state index is 0.247. The van der Waals surface area contributed by atoms with Crippen LogP contribution in [0.1, 0.15) is 65.7 Å². The lowest BCUT2D eigenvalue weighted by Gasteiger charge is -2.28. The van der Waals surface area contributed by atoms with Crippen LogP contribution < -0.4 is 0 Å². The average molecular weight is 240 g/mol. The molecule has 0 aromatic heterocycles. The molecular formula is C15H28O2. The van der Waals surface area contributed by atoms with Crippen LogP contribution in [0.25, 0.3) is 0 Å². The summed E-state index contributed by atoms with van der Waals surface area (Å²) in [6, 6.07) is 0. The van der Waals surface area contributed by atoms with Gasteiger partial charge in [-0.15, -0.1) is 0 Å². The van der Waals surface area contributed by atoms with Gasteiger partial charge in [-0.1, -0.05) is 26.2 Å². The standard InChI is InChI=1S/C15H28O2/c1-4-5-6-7-10-16-12(2)13-8-9-15(3)14(11-13)17-15/h12-14H,4-11H2,1-3H3. The van der Waals surface area contributed by atoms with E-state index >= 15 is 0 Å². The molecule has 17 heavy (non-hydrogen) atoms. The van der Waals surface area contributed by atoms with Crippen LogP contribution in [-0.2, 0) is 9.47 Å². The molecular weight excluding hydrogens is 212 g/mol. The van der Waals surface area contributed by atoms with Gasteiger partial charge in [-0.05, 0) is 45.4 Å². The summed E-state index contributed by atoms with van der Waals surface area (Å²) in [4.78, 5) is 0. The first-order valence-corrected chi connectivity index (χ1v) is 7.45. The molecule has 2 rings (SSSR count). The fourth-order valence-electron chi connectivity index (χ4n) is 3.03. The van der Waals surface area contributed by atoms with E-state index in [1.54, 1.807) is 0 Å². The monoisotopic (exact) mass is 240 g/mol. The highest BCUT2D eigenvalue weighted by molar-refractivity contribution is 5.04. The zero-order chi connectivity index (χ0) is 12.3. The smallest absolute Gasteiger partial charge is 0.0920 e. The fourth-order valence-corrected chi connectivity index (χ4v) is 3.03. The highest BCUT2D eigenvalue weighted by Crippen LogP contribution is 2.50. The third-order valence-corrected chi connectivity index (χ3v) is 4.61. The molecule has 4 atom stereocenters. The first-order valence-electron chi connectivity index (χ1n) is 7.45. The van der Waals surface area contributed by atoms with Crippen molar-refractivity contribution < 1.29 is 9.47 Å². The Morgan fingerprint density at radius 1 is 1.35 bits per heavy atom. The molecule has 1 aliphatic carbocycles. The average Bonchev–Trinajstić information content (AvgIpc) is 2.99. The van der Waals surface area contributed by atoms with Crippen LogP contribution in [0.5, 0.6) is 0 Å². The van der Waals surface area contributed by atoms with Gasteiger partial charge in [0.1, 0.15) is 0 Å². The van der Waals surface area contributed by atoms with Gasteiger partial charge in [0, 0.05) is 6.61 Å². The van der Waals surface area contributed by atoms with Crippen molar-refractivity contribution in [2.45, 2.75) is 83.5 Å². The van der Waals surface area contributed by atoms with Crippen LogP contribution >= 0.6 is 0 Å². The predicted octanol–water partition coefficient (Wildman–Crippen LogP) is 3.93. The highest BCUT2D eigenvalue weighted by Gasteiger charge is 2.55. The van der Waals surface area contributed by atoms with E-state index in [-0.39, 0.29) is 5.60 Å². The molecule has 2 nitrogen and oxygen atoms in total. The molecule has 0 amide bonds. The summed E-state index contributed by atoms with van der Waals surface area (Å²) in [7, 11) is 0. The van der Waals surface area contributed by atoms with Crippen LogP contribution in [0, 0.1) is 5.92 Å². The molecule has 0 spiro atoms. The van der Waals surface area contributed by atoms with Crippen LogP contribution in [0.4, 0.5) is 0 Å². The normalized spacial score (nSPS) is 37.6. The summed E-state index contributed by atoms with van der Waals surface area (Å²) in [5, 5.41) is 0. The Kier molecular flexibility index (Phi) is 4.48. The molecule has 2 heteroatoms. The SMILES string of the molecule is CCCCCCOC(C)C1CCC2(C)OC2C1. The summed E-state index contributed by atoms with van der Waals surface area (Å²) in [5.41, 5.74) is 0.247. The molecule has 2 aliphatic rings. The van der Waals surface area contributed by atoms with E-state index in [1.165, 1.54) is 44.9 Å². The van der Waals surface area contributed by atoms with Gasteiger partial charge in [-0.2, -0.15) is 0 Å². The largest absolute Gasteiger partial charge is 0.378 e. The number of epoxide rings is 1. The Labute approximate surface area is 106 Å². The Balaban J connectivity index is 1.58. The first-order chi connectivity index (χ1) is 8.15. The van der Waals surface area contributed by atoms with Gasteiger partial charge in [0.2, 0.25) is 0 Å². The lowest BCUT2D eigenvalue weighted by Crippen LogP contribution is -2.29. The molecule has 1 heterocycles. The summed E-state index contributed by atoms with van der Waals surface area (Å²) in [5.74, 6) is 0.724. The molecule has 1 aliphatic heterocycles. The summed E-state index contributed by atoms with van der Waals surface area (Å²) in [6.45, 7) is 7.69. The van der Waals surface area contributed by atoms with E-state index in [9.17, 15) is 0 Å². The van der Waals surface area contributed by atoms with E-state index in [1.807, 2.05) is 0 Å². The van der Waals surface area contributed by atoms with Gasteiger partial charge < -0.3 is 9.47 Å². The van der Waals surface area contributed by atoms with Crippen molar-refractivity contribution in [2.75, 3.05) is 6.61 Å². The van der Waals surface area contributed by atoms with Gasteiger partial charge in [-0.25, -0.2) is 0 Å². The second kappa shape index (κ2) is 5.71. The predicted molar refractivity (Wildman–Crippen MR) is 70.2 cm³/mol. The van der Waals surface area contributed by atoms with Crippen molar-refractivity contribution in [1.82, 2.24) is 0 Å². The molecule has 0 N–H and O–H groups in total. The zero-order valence-electron chi connectivity index (χ0n) is 11.7. The van der Waals surface area contributed by atoms with E-state index in [2.05, 4.69) is 20.8 Å². The maximum atomic E-state index is 5.97. The lowest BCUT2D eigenvalue weighted by molar-refractivity contribution is 0.0118. The van der Waals surface area contributed by atoms with Crippen molar-refractivity contribution in [2.24, 2.45) is 5.92 Å². The second-order valence-corrected chi connectivity index (χ2v) is 6.09. The van der Waals surface area contributed by atoms with Crippen molar-refractivity contribution in [1.29, 1.82) is 0 Å². The number of hydrogen-bond acceptors (Lipinski definition) is 2. The number of fused-ring (bicyclic) bond motifs is 1. The zero-order valence-corrected chi connectivity index (χ0v) is 11.7.